The van der Waals surface area contributed by atoms with Crippen LogP contribution in [0, 0.1) is 0 Å². The smallest absolute Gasteiger partial charge is 0.434 e. The molecule has 11 heteroatoms. The van der Waals surface area contributed by atoms with E-state index in [-0.39, 0.29) is 36.9 Å². The van der Waals surface area contributed by atoms with Gasteiger partial charge in [0.2, 0.25) is 0 Å². The first-order valence-electron chi connectivity index (χ1n) is 11.8. The number of nitrogens with one attached hydrogen (secondary N) is 1. The standard InChI is InChI=1S/C26H24F3N5O3/c1-3-16-10-15(12-20-17-6-4-5-7-18(17)24(35)32-31-20)11-19(23(16)37-2)25(36)34-9-8-33-13-21(26(27,28)29)30-22(33)14-34/h4-7,10-11,13H,3,8-9,12,14H2,1-2H3,(H,32,35). The highest BCUT2D eigenvalue weighted by atomic mass is 19.4. The van der Waals surface area contributed by atoms with Crippen molar-refractivity contribution in [2.24, 2.45) is 0 Å². The van der Waals surface area contributed by atoms with Gasteiger partial charge in [-0.2, -0.15) is 18.3 Å². The Morgan fingerprint density at radius 3 is 2.62 bits per heavy atom. The zero-order valence-corrected chi connectivity index (χ0v) is 20.2. The second-order valence-electron chi connectivity index (χ2n) is 8.87. The van der Waals surface area contributed by atoms with Crippen LogP contribution in [0.2, 0.25) is 0 Å². The molecular formula is C26H24F3N5O3. The summed E-state index contributed by atoms with van der Waals surface area (Å²) < 4.78 is 46.4. The van der Waals surface area contributed by atoms with E-state index in [1.165, 1.54) is 16.6 Å². The Morgan fingerprint density at radius 1 is 1.16 bits per heavy atom. The Bertz CT molecular complexity index is 1560. The number of benzene rings is 2. The summed E-state index contributed by atoms with van der Waals surface area (Å²) in [7, 11) is 1.49. The lowest BCUT2D eigenvalue weighted by Gasteiger charge is -2.28. The van der Waals surface area contributed by atoms with E-state index in [2.05, 4.69) is 15.2 Å². The van der Waals surface area contributed by atoms with E-state index in [1.807, 2.05) is 25.1 Å². The monoisotopic (exact) mass is 511 g/mol. The molecule has 1 N–H and O–H groups in total. The normalized spacial score (nSPS) is 13.6. The average Bonchev–Trinajstić information content (AvgIpc) is 3.34. The Labute approximate surface area is 209 Å². The topological polar surface area (TPSA) is 93.1 Å². The molecule has 0 saturated carbocycles. The number of aromatic nitrogens is 4. The highest BCUT2D eigenvalue weighted by molar-refractivity contribution is 5.97. The van der Waals surface area contributed by atoms with Gasteiger partial charge in [-0.25, -0.2) is 10.1 Å². The number of methoxy groups -OCH3 is 1. The van der Waals surface area contributed by atoms with Crippen LogP contribution in [-0.2, 0) is 32.1 Å². The molecular weight excluding hydrogens is 487 g/mol. The molecule has 192 valence electrons. The lowest BCUT2D eigenvalue weighted by Crippen LogP contribution is -2.38. The van der Waals surface area contributed by atoms with Crippen LogP contribution in [0.25, 0.3) is 10.8 Å². The van der Waals surface area contributed by atoms with Gasteiger partial charge in [0.05, 0.1) is 30.3 Å². The number of aryl methyl sites for hydroxylation is 1. The van der Waals surface area contributed by atoms with Crippen LogP contribution in [0.1, 0.15) is 45.6 Å². The fourth-order valence-electron chi connectivity index (χ4n) is 4.75. The minimum Gasteiger partial charge on any atom is -0.496 e. The third-order valence-corrected chi connectivity index (χ3v) is 6.57. The van der Waals surface area contributed by atoms with Crippen molar-refractivity contribution >= 4 is 16.7 Å². The van der Waals surface area contributed by atoms with Gasteiger partial charge in [-0.1, -0.05) is 31.2 Å². The summed E-state index contributed by atoms with van der Waals surface area (Å²) in [4.78, 5) is 31.0. The molecule has 0 fully saturated rings. The highest BCUT2D eigenvalue weighted by Gasteiger charge is 2.36. The van der Waals surface area contributed by atoms with E-state index < -0.39 is 11.9 Å². The summed E-state index contributed by atoms with van der Waals surface area (Å²) in [5.74, 6) is 0.262. The molecule has 0 aliphatic carbocycles. The van der Waals surface area contributed by atoms with Gasteiger partial charge in [0, 0.05) is 31.1 Å². The number of hydrogen-bond donors (Lipinski definition) is 1. The SMILES string of the molecule is CCc1cc(Cc2n[nH]c(=O)c3ccccc23)cc(C(=O)N2CCn3cc(C(F)(F)F)nc3C2)c1OC. The van der Waals surface area contributed by atoms with Crippen LogP contribution in [-0.4, -0.2) is 44.2 Å². The fraction of sp³-hybridized carbons (Fsp3) is 0.308. The summed E-state index contributed by atoms with van der Waals surface area (Å²) in [6, 6.07) is 10.8. The van der Waals surface area contributed by atoms with Crippen molar-refractivity contribution in [2.75, 3.05) is 13.7 Å². The molecule has 3 heterocycles. The zero-order valence-electron chi connectivity index (χ0n) is 20.2. The summed E-state index contributed by atoms with van der Waals surface area (Å²) in [5, 5.41) is 8.02. The van der Waals surface area contributed by atoms with Crippen LogP contribution >= 0.6 is 0 Å². The molecule has 1 aliphatic heterocycles. The van der Waals surface area contributed by atoms with Crippen molar-refractivity contribution in [3.8, 4) is 5.75 Å². The van der Waals surface area contributed by atoms with E-state index in [0.29, 0.717) is 35.2 Å². The van der Waals surface area contributed by atoms with E-state index in [9.17, 15) is 22.8 Å². The summed E-state index contributed by atoms with van der Waals surface area (Å²) >= 11 is 0. The summed E-state index contributed by atoms with van der Waals surface area (Å²) in [5.41, 5.74) is 1.34. The number of nitrogens with zero attached hydrogens (tertiary/aromatic N) is 4. The molecule has 0 radical (unpaired) electrons. The molecule has 1 aliphatic rings. The number of aromatic amines is 1. The number of hydrogen-bond acceptors (Lipinski definition) is 5. The first-order valence-corrected chi connectivity index (χ1v) is 11.8. The molecule has 0 atom stereocenters. The van der Waals surface area contributed by atoms with Crippen molar-refractivity contribution in [2.45, 2.75) is 39.0 Å². The molecule has 2 aromatic heterocycles. The number of ether oxygens (including phenoxy) is 1. The lowest BCUT2D eigenvalue weighted by atomic mass is 9.97. The molecule has 1 amide bonds. The molecule has 0 spiro atoms. The van der Waals surface area contributed by atoms with Gasteiger partial charge < -0.3 is 14.2 Å². The minimum atomic E-state index is -4.55. The number of fused-ring (bicyclic) bond motifs is 2. The molecule has 37 heavy (non-hydrogen) atoms. The Balaban J connectivity index is 1.50. The quantitative estimate of drug-likeness (QED) is 0.438. The second-order valence-corrected chi connectivity index (χ2v) is 8.87. The molecule has 0 unspecified atom stereocenters. The number of carbonyl (C=O) groups excluding carboxylic acids is 1. The Morgan fingerprint density at radius 2 is 1.92 bits per heavy atom. The maximum Gasteiger partial charge on any atom is 0.434 e. The molecule has 0 saturated heterocycles. The minimum absolute atomic E-state index is 0.0458. The first kappa shape index (κ1) is 24.5. The Kier molecular flexibility index (Phi) is 6.22. The van der Waals surface area contributed by atoms with Gasteiger partial charge >= 0.3 is 6.18 Å². The molecule has 8 nitrogen and oxygen atoms in total. The van der Waals surface area contributed by atoms with Crippen molar-refractivity contribution in [3.05, 3.63) is 86.9 Å². The lowest BCUT2D eigenvalue weighted by molar-refractivity contribution is -0.141. The summed E-state index contributed by atoms with van der Waals surface area (Å²) in [6.45, 7) is 2.34. The number of amides is 1. The van der Waals surface area contributed by atoms with E-state index >= 15 is 0 Å². The fourth-order valence-corrected chi connectivity index (χ4v) is 4.75. The van der Waals surface area contributed by atoms with E-state index in [4.69, 9.17) is 4.74 Å². The predicted molar refractivity (Wildman–Crippen MR) is 130 cm³/mol. The number of alkyl halides is 3. The van der Waals surface area contributed by atoms with Crippen molar-refractivity contribution in [3.63, 3.8) is 0 Å². The Hall–Kier alpha value is -4.15. The van der Waals surface area contributed by atoms with E-state index in [1.54, 1.807) is 18.2 Å². The average molecular weight is 512 g/mol. The first-order chi connectivity index (χ1) is 17.7. The number of halogens is 3. The molecule has 4 aromatic rings. The van der Waals surface area contributed by atoms with Gasteiger partial charge in [0.15, 0.2) is 5.69 Å². The predicted octanol–water partition coefficient (Wildman–Crippen LogP) is 3.96. The van der Waals surface area contributed by atoms with Gasteiger partial charge in [0.1, 0.15) is 11.6 Å². The van der Waals surface area contributed by atoms with Gasteiger partial charge in [0.25, 0.3) is 11.5 Å². The van der Waals surface area contributed by atoms with E-state index in [0.717, 1.165) is 22.7 Å². The summed E-state index contributed by atoms with van der Waals surface area (Å²) in [6.07, 6.45) is -2.62. The maximum atomic E-state index is 13.6. The third kappa shape index (κ3) is 4.56. The van der Waals surface area contributed by atoms with Gasteiger partial charge in [-0.15, -0.1) is 0 Å². The number of imidazole rings is 1. The van der Waals surface area contributed by atoms with Crippen molar-refractivity contribution in [1.29, 1.82) is 0 Å². The molecule has 5 rings (SSSR count). The van der Waals surface area contributed by atoms with Crippen LogP contribution in [0.5, 0.6) is 5.75 Å². The number of H-pyrrole nitrogens is 1. The van der Waals surface area contributed by atoms with Crippen LogP contribution < -0.4 is 10.3 Å². The number of carbonyl (C=O) groups is 1. The maximum absolute atomic E-state index is 13.6. The molecule has 0 bridgehead atoms. The van der Waals surface area contributed by atoms with Crippen LogP contribution in [0.4, 0.5) is 13.2 Å². The van der Waals surface area contributed by atoms with Crippen molar-refractivity contribution in [1.82, 2.24) is 24.6 Å². The zero-order chi connectivity index (χ0) is 26.3. The number of rotatable bonds is 5. The van der Waals surface area contributed by atoms with Crippen LogP contribution in [0.15, 0.2) is 47.4 Å². The van der Waals surface area contributed by atoms with Crippen LogP contribution in [0.3, 0.4) is 0 Å². The highest BCUT2D eigenvalue weighted by Crippen LogP contribution is 2.32. The van der Waals surface area contributed by atoms with Gasteiger partial charge in [-0.05, 0) is 29.7 Å². The second kappa shape index (κ2) is 9.38. The third-order valence-electron chi connectivity index (χ3n) is 6.57. The largest absolute Gasteiger partial charge is 0.496 e. The van der Waals surface area contributed by atoms with Crippen molar-refractivity contribution < 1.29 is 22.7 Å². The van der Waals surface area contributed by atoms with Gasteiger partial charge in [-0.3, -0.25) is 9.59 Å². The molecule has 2 aromatic carbocycles.